The molecule has 0 saturated carbocycles. The molecular formula is C33H38BrN3O5S. The molecule has 8 nitrogen and oxygen atoms in total. The van der Waals surface area contributed by atoms with E-state index in [1.165, 1.54) is 6.07 Å². The number of carbonyl (C=O) groups is 2. The van der Waals surface area contributed by atoms with Crippen molar-refractivity contribution in [3.05, 3.63) is 93.6 Å². The summed E-state index contributed by atoms with van der Waals surface area (Å²) in [6.07, 6.45) is 5.32. The van der Waals surface area contributed by atoms with Crippen LogP contribution in [0, 0.1) is 5.92 Å². The predicted octanol–water partition coefficient (Wildman–Crippen LogP) is 6.65. The van der Waals surface area contributed by atoms with E-state index < -0.39 is 15.9 Å². The summed E-state index contributed by atoms with van der Waals surface area (Å²) in [5.41, 5.74) is 4.38. The van der Waals surface area contributed by atoms with E-state index in [-0.39, 0.29) is 28.2 Å². The van der Waals surface area contributed by atoms with E-state index in [9.17, 15) is 18.0 Å². The average Bonchev–Trinajstić information content (AvgIpc) is 3.40. The second-order valence-electron chi connectivity index (χ2n) is 11.0. The zero-order chi connectivity index (χ0) is 31.3. The standard InChI is InChI=1S/C33H38BrN3O5S/c1-6-9-24(27-20-35-29-17-14-22(18-26(27)29)13-12-21(2)33(39)37(3)4)25-16-15-23(19-30(25)42-5)32(38)36-43(40,41)31-11-8-7-10-28(31)34/h7-8,10-11,14-21,24,35H,6,9,12-13H2,1-5H3,(H,36,38). The number of hydrogen-bond donors (Lipinski definition) is 2. The molecule has 2 atom stereocenters. The number of H-pyrrole nitrogens is 1. The van der Waals surface area contributed by atoms with Crippen molar-refractivity contribution < 1.29 is 22.7 Å². The van der Waals surface area contributed by atoms with Crippen LogP contribution in [-0.4, -0.2) is 51.3 Å². The monoisotopic (exact) mass is 667 g/mol. The Kier molecular flexibility index (Phi) is 10.3. The van der Waals surface area contributed by atoms with Gasteiger partial charge < -0.3 is 14.6 Å². The lowest BCUT2D eigenvalue weighted by atomic mass is 9.86. The van der Waals surface area contributed by atoms with Crippen molar-refractivity contribution in [1.82, 2.24) is 14.6 Å². The molecule has 0 saturated heterocycles. The van der Waals surface area contributed by atoms with Gasteiger partial charge in [0.25, 0.3) is 15.9 Å². The van der Waals surface area contributed by atoms with Crippen LogP contribution in [0.5, 0.6) is 5.75 Å². The first-order valence-corrected chi connectivity index (χ1v) is 16.5. The van der Waals surface area contributed by atoms with Crippen molar-refractivity contribution >= 4 is 48.7 Å². The van der Waals surface area contributed by atoms with Crippen LogP contribution in [0.3, 0.4) is 0 Å². The van der Waals surface area contributed by atoms with Crippen LogP contribution in [0.15, 0.2) is 76.2 Å². The molecule has 2 N–H and O–H groups in total. The fraction of sp³-hybridized carbons (Fsp3) is 0.333. The Balaban J connectivity index is 1.63. The summed E-state index contributed by atoms with van der Waals surface area (Å²) in [5.74, 6) is -0.203. The topological polar surface area (TPSA) is 109 Å². The number of sulfonamides is 1. The first kappa shape index (κ1) is 32.3. The number of amides is 2. The highest BCUT2D eigenvalue weighted by atomic mass is 79.9. The van der Waals surface area contributed by atoms with Gasteiger partial charge in [-0.2, -0.15) is 0 Å². The SMILES string of the molecule is CCCC(c1ccc(C(=O)NS(=O)(=O)c2ccccc2Br)cc1OC)c1c[nH]c2ccc(CCC(C)C(=O)N(C)C)cc12. The van der Waals surface area contributed by atoms with Gasteiger partial charge in [-0.3, -0.25) is 9.59 Å². The summed E-state index contributed by atoms with van der Waals surface area (Å²) in [5, 5.41) is 1.10. The highest BCUT2D eigenvalue weighted by Crippen LogP contribution is 2.39. The van der Waals surface area contributed by atoms with Gasteiger partial charge in [0.2, 0.25) is 5.91 Å². The van der Waals surface area contributed by atoms with Gasteiger partial charge in [-0.15, -0.1) is 0 Å². The molecule has 0 radical (unpaired) electrons. The Bertz CT molecular complexity index is 1730. The number of hydrogen-bond acceptors (Lipinski definition) is 5. The number of ether oxygens (including phenoxy) is 1. The van der Waals surface area contributed by atoms with Gasteiger partial charge in [0.1, 0.15) is 10.6 Å². The summed E-state index contributed by atoms with van der Waals surface area (Å²) >= 11 is 3.24. The van der Waals surface area contributed by atoms with Gasteiger partial charge in [-0.1, -0.05) is 44.5 Å². The third-order valence-electron chi connectivity index (χ3n) is 7.68. The number of nitrogens with zero attached hydrogens (tertiary/aromatic N) is 1. The van der Waals surface area contributed by atoms with Crippen molar-refractivity contribution in [2.75, 3.05) is 21.2 Å². The van der Waals surface area contributed by atoms with Crippen LogP contribution < -0.4 is 9.46 Å². The maximum Gasteiger partial charge on any atom is 0.265 e. The number of aryl methyl sites for hydroxylation is 1. The number of rotatable bonds is 12. The van der Waals surface area contributed by atoms with E-state index in [4.69, 9.17) is 4.74 Å². The van der Waals surface area contributed by atoms with Gasteiger partial charge in [-0.05, 0) is 82.7 Å². The van der Waals surface area contributed by atoms with Gasteiger partial charge >= 0.3 is 0 Å². The zero-order valence-corrected chi connectivity index (χ0v) is 27.5. The lowest BCUT2D eigenvalue weighted by Crippen LogP contribution is -2.30. The summed E-state index contributed by atoms with van der Waals surface area (Å²) in [6, 6.07) is 17.8. The molecule has 228 valence electrons. The van der Waals surface area contributed by atoms with E-state index in [2.05, 4.69) is 50.8 Å². The molecule has 1 aromatic heterocycles. The van der Waals surface area contributed by atoms with E-state index >= 15 is 0 Å². The molecule has 2 amide bonds. The predicted molar refractivity (Wildman–Crippen MR) is 173 cm³/mol. The number of methoxy groups -OCH3 is 1. The quantitative estimate of drug-likeness (QED) is 0.176. The molecular weight excluding hydrogens is 630 g/mol. The van der Waals surface area contributed by atoms with E-state index in [1.807, 2.05) is 19.2 Å². The van der Waals surface area contributed by atoms with E-state index in [1.54, 1.807) is 56.4 Å². The number of nitrogens with one attached hydrogen (secondary N) is 2. The molecule has 1 heterocycles. The minimum atomic E-state index is -4.09. The molecule has 4 aromatic rings. The van der Waals surface area contributed by atoms with Crippen molar-refractivity contribution in [2.45, 2.75) is 50.3 Å². The Morgan fingerprint density at radius 1 is 1.02 bits per heavy atom. The summed E-state index contributed by atoms with van der Waals surface area (Å²) in [6.45, 7) is 4.09. The molecule has 0 aliphatic carbocycles. The van der Waals surface area contributed by atoms with Crippen LogP contribution in [0.2, 0.25) is 0 Å². The van der Waals surface area contributed by atoms with Gasteiger partial charge in [0.05, 0.1) is 7.11 Å². The number of aromatic amines is 1. The van der Waals surface area contributed by atoms with Gasteiger partial charge in [-0.25, -0.2) is 13.1 Å². The summed E-state index contributed by atoms with van der Waals surface area (Å²) < 4.78 is 34.1. The number of benzene rings is 3. The number of fused-ring (bicyclic) bond motifs is 1. The third kappa shape index (κ3) is 7.30. The summed E-state index contributed by atoms with van der Waals surface area (Å²) in [4.78, 5) is 30.4. The molecule has 0 fully saturated rings. The third-order valence-corrected chi connectivity index (χ3v) is 10.0. The van der Waals surface area contributed by atoms with Gasteiger partial charge in [0, 0.05) is 58.6 Å². The Morgan fingerprint density at radius 3 is 2.44 bits per heavy atom. The van der Waals surface area contributed by atoms with Crippen molar-refractivity contribution in [2.24, 2.45) is 5.92 Å². The molecule has 0 bridgehead atoms. The van der Waals surface area contributed by atoms with Crippen LogP contribution >= 0.6 is 15.9 Å². The lowest BCUT2D eigenvalue weighted by molar-refractivity contribution is -0.132. The molecule has 2 unspecified atom stereocenters. The Hall–Kier alpha value is -3.63. The van der Waals surface area contributed by atoms with Crippen LogP contribution in [0.25, 0.3) is 10.9 Å². The van der Waals surface area contributed by atoms with Crippen molar-refractivity contribution in [3.8, 4) is 5.75 Å². The van der Waals surface area contributed by atoms with Gasteiger partial charge in [0.15, 0.2) is 0 Å². The normalized spacial score (nSPS) is 13.0. The largest absolute Gasteiger partial charge is 0.496 e. The first-order valence-electron chi connectivity index (χ1n) is 14.3. The molecule has 43 heavy (non-hydrogen) atoms. The number of aromatic nitrogens is 1. The number of carbonyl (C=O) groups excluding carboxylic acids is 2. The first-order chi connectivity index (χ1) is 20.5. The maximum atomic E-state index is 13.1. The van der Waals surface area contributed by atoms with E-state index in [0.29, 0.717) is 10.2 Å². The average molecular weight is 669 g/mol. The molecule has 0 aliphatic rings. The smallest absolute Gasteiger partial charge is 0.265 e. The molecule has 10 heteroatoms. The fourth-order valence-electron chi connectivity index (χ4n) is 5.39. The second kappa shape index (κ2) is 13.8. The van der Waals surface area contributed by atoms with E-state index in [0.717, 1.165) is 53.3 Å². The number of halogens is 1. The van der Waals surface area contributed by atoms with Crippen molar-refractivity contribution in [1.29, 1.82) is 0 Å². The Morgan fingerprint density at radius 2 is 1.77 bits per heavy atom. The Labute approximate surface area is 262 Å². The zero-order valence-electron chi connectivity index (χ0n) is 25.1. The highest BCUT2D eigenvalue weighted by molar-refractivity contribution is 9.10. The minimum absolute atomic E-state index is 0.0209. The molecule has 4 rings (SSSR count). The fourth-order valence-corrected chi connectivity index (χ4v) is 7.37. The van der Waals surface area contributed by atoms with Crippen LogP contribution in [-0.2, 0) is 21.2 Å². The summed E-state index contributed by atoms with van der Waals surface area (Å²) in [7, 11) is 1.02. The van der Waals surface area contributed by atoms with Crippen LogP contribution in [0.4, 0.5) is 0 Å². The van der Waals surface area contributed by atoms with Crippen LogP contribution in [0.1, 0.15) is 66.1 Å². The minimum Gasteiger partial charge on any atom is -0.496 e. The lowest BCUT2D eigenvalue weighted by Gasteiger charge is -2.20. The molecule has 0 spiro atoms. The molecule has 0 aliphatic heterocycles. The molecule has 3 aromatic carbocycles. The second-order valence-corrected chi connectivity index (χ2v) is 13.5. The highest BCUT2D eigenvalue weighted by Gasteiger charge is 2.25. The maximum absolute atomic E-state index is 13.1. The van der Waals surface area contributed by atoms with Crippen molar-refractivity contribution in [3.63, 3.8) is 0 Å².